The molecular formula is C16H24FN3O. The zero-order valence-electron chi connectivity index (χ0n) is 12.9. The van der Waals surface area contributed by atoms with Gasteiger partial charge in [-0.1, -0.05) is 0 Å². The Kier molecular flexibility index (Phi) is 4.83. The maximum Gasteiger partial charge on any atom is 0.224 e. The molecule has 0 aliphatic carbocycles. The molecule has 1 fully saturated rings. The quantitative estimate of drug-likeness (QED) is 0.897. The largest absolute Gasteiger partial charge is 0.370 e. The number of carbonyl (C=O) groups excluding carboxylic acids is 1. The maximum atomic E-state index is 13.8. The second kappa shape index (κ2) is 6.43. The van der Waals surface area contributed by atoms with Crippen LogP contribution in [-0.4, -0.2) is 26.0 Å². The molecule has 1 aliphatic rings. The number of nitrogens with zero attached hydrogens (tertiary/aromatic N) is 1. The highest BCUT2D eigenvalue weighted by atomic mass is 19.1. The number of nitrogens with two attached hydrogens (primary N) is 1. The Morgan fingerprint density at radius 1 is 1.52 bits per heavy atom. The van der Waals surface area contributed by atoms with Crippen molar-refractivity contribution in [1.29, 1.82) is 0 Å². The van der Waals surface area contributed by atoms with Gasteiger partial charge in [0, 0.05) is 31.9 Å². The van der Waals surface area contributed by atoms with Crippen molar-refractivity contribution in [2.24, 2.45) is 11.7 Å². The molecule has 21 heavy (non-hydrogen) atoms. The molecule has 1 unspecified atom stereocenters. The van der Waals surface area contributed by atoms with Gasteiger partial charge in [-0.25, -0.2) is 4.39 Å². The molecule has 0 aromatic heterocycles. The summed E-state index contributed by atoms with van der Waals surface area (Å²) in [5.41, 5.74) is 8.35. The third-order valence-corrected chi connectivity index (χ3v) is 4.18. The van der Waals surface area contributed by atoms with E-state index in [4.69, 9.17) is 5.73 Å². The first-order valence-corrected chi connectivity index (χ1v) is 7.46. The van der Waals surface area contributed by atoms with Gasteiger partial charge in [0.05, 0.1) is 5.92 Å². The molecule has 4 nitrogen and oxygen atoms in total. The molecule has 0 bridgehead atoms. The van der Waals surface area contributed by atoms with E-state index >= 15 is 0 Å². The lowest BCUT2D eigenvalue weighted by Crippen LogP contribution is -2.42. The van der Waals surface area contributed by atoms with Crippen molar-refractivity contribution in [1.82, 2.24) is 5.32 Å². The second-order valence-corrected chi connectivity index (χ2v) is 5.85. The molecule has 1 amide bonds. The van der Waals surface area contributed by atoms with Crippen molar-refractivity contribution in [3.63, 3.8) is 0 Å². The number of hydrogen-bond acceptors (Lipinski definition) is 3. The average Bonchev–Trinajstić information content (AvgIpc) is 2.48. The lowest BCUT2D eigenvalue weighted by atomic mass is 9.94. The number of halogens is 1. The Morgan fingerprint density at radius 2 is 2.24 bits per heavy atom. The van der Waals surface area contributed by atoms with Crippen LogP contribution in [0.4, 0.5) is 10.1 Å². The topological polar surface area (TPSA) is 58.4 Å². The van der Waals surface area contributed by atoms with Crippen LogP contribution in [0.3, 0.4) is 0 Å². The van der Waals surface area contributed by atoms with Crippen LogP contribution in [0, 0.1) is 18.7 Å². The van der Waals surface area contributed by atoms with Crippen molar-refractivity contribution >= 4 is 11.6 Å². The van der Waals surface area contributed by atoms with E-state index in [1.54, 1.807) is 14.0 Å². The molecule has 0 saturated carbocycles. The number of amides is 1. The van der Waals surface area contributed by atoms with Gasteiger partial charge in [-0.15, -0.1) is 0 Å². The van der Waals surface area contributed by atoms with E-state index in [-0.39, 0.29) is 23.7 Å². The van der Waals surface area contributed by atoms with Gasteiger partial charge < -0.3 is 16.0 Å². The number of nitrogens with one attached hydrogen (secondary N) is 1. The summed E-state index contributed by atoms with van der Waals surface area (Å²) in [6, 6.07) is 3.13. The van der Waals surface area contributed by atoms with Crippen LogP contribution >= 0.6 is 0 Å². The van der Waals surface area contributed by atoms with Crippen LogP contribution in [0.5, 0.6) is 0 Å². The summed E-state index contributed by atoms with van der Waals surface area (Å²) in [5, 5.41) is 2.71. The van der Waals surface area contributed by atoms with Crippen LogP contribution in [0.25, 0.3) is 0 Å². The highest BCUT2D eigenvalue weighted by Crippen LogP contribution is 2.31. The molecule has 1 heterocycles. The van der Waals surface area contributed by atoms with E-state index in [0.717, 1.165) is 30.6 Å². The van der Waals surface area contributed by atoms with E-state index < -0.39 is 0 Å². The molecule has 2 rings (SSSR count). The van der Waals surface area contributed by atoms with E-state index in [9.17, 15) is 9.18 Å². The number of hydrogen-bond donors (Lipinski definition) is 2. The summed E-state index contributed by atoms with van der Waals surface area (Å²) < 4.78 is 13.8. The molecule has 1 aliphatic heterocycles. The monoisotopic (exact) mass is 293 g/mol. The number of anilines is 1. The third-order valence-electron chi connectivity index (χ3n) is 4.18. The molecule has 2 atom stereocenters. The highest BCUT2D eigenvalue weighted by Gasteiger charge is 2.27. The van der Waals surface area contributed by atoms with Crippen LogP contribution < -0.4 is 16.0 Å². The fraction of sp³-hybridized carbons (Fsp3) is 0.562. The van der Waals surface area contributed by atoms with Gasteiger partial charge in [-0.2, -0.15) is 0 Å². The van der Waals surface area contributed by atoms with E-state index in [1.165, 1.54) is 6.07 Å². The van der Waals surface area contributed by atoms with Crippen LogP contribution in [0.2, 0.25) is 0 Å². The Bertz CT molecular complexity index is 530. The van der Waals surface area contributed by atoms with E-state index in [0.29, 0.717) is 12.1 Å². The summed E-state index contributed by atoms with van der Waals surface area (Å²) >= 11 is 0. The first-order valence-electron chi connectivity index (χ1n) is 7.46. The van der Waals surface area contributed by atoms with Gasteiger partial charge in [-0.3, -0.25) is 4.79 Å². The number of aryl methyl sites for hydroxylation is 1. The van der Waals surface area contributed by atoms with Crippen molar-refractivity contribution < 1.29 is 9.18 Å². The highest BCUT2D eigenvalue weighted by molar-refractivity contribution is 5.79. The summed E-state index contributed by atoms with van der Waals surface area (Å²) in [6.45, 7) is 5.14. The number of rotatable bonds is 3. The van der Waals surface area contributed by atoms with Gasteiger partial charge >= 0.3 is 0 Å². The zero-order valence-corrected chi connectivity index (χ0v) is 12.9. The molecule has 1 saturated heterocycles. The predicted molar refractivity (Wildman–Crippen MR) is 82.7 cm³/mol. The third kappa shape index (κ3) is 3.35. The Morgan fingerprint density at radius 3 is 2.86 bits per heavy atom. The number of carbonyl (C=O) groups is 1. The predicted octanol–water partition coefficient (Wildman–Crippen LogP) is 2.12. The van der Waals surface area contributed by atoms with Crippen molar-refractivity contribution in [3.05, 3.63) is 29.1 Å². The lowest BCUT2D eigenvalue weighted by molar-refractivity contribution is -0.124. The standard InChI is InChI=1S/C16H24FN3O/c1-10-7-15(13(11(2)18)8-14(10)17)20-6-4-5-12(9-20)16(21)19-3/h7-8,11-12H,4-6,9,18H2,1-3H3,(H,19,21)/t11-,12?/m0/s1. The SMILES string of the molecule is CNC(=O)C1CCCN(c2cc(C)c(F)cc2[C@H](C)N)C1. The Balaban J connectivity index is 2.32. The lowest BCUT2D eigenvalue weighted by Gasteiger charge is -2.35. The minimum Gasteiger partial charge on any atom is -0.370 e. The van der Waals surface area contributed by atoms with Gasteiger partial charge in [0.1, 0.15) is 5.82 Å². The Labute approximate surface area is 125 Å². The molecule has 1 aromatic carbocycles. The van der Waals surface area contributed by atoms with Crippen LogP contribution in [-0.2, 0) is 4.79 Å². The minimum atomic E-state index is -0.240. The van der Waals surface area contributed by atoms with E-state index in [1.807, 2.05) is 13.0 Å². The number of piperidine rings is 1. The fourth-order valence-electron chi connectivity index (χ4n) is 2.93. The van der Waals surface area contributed by atoms with E-state index in [2.05, 4.69) is 10.2 Å². The van der Waals surface area contributed by atoms with Gasteiger partial charge in [0.25, 0.3) is 0 Å². The smallest absolute Gasteiger partial charge is 0.224 e. The molecule has 0 spiro atoms. The first kappa shape index (κ1) is 15.8. The van der Waals surface area contributed by atoms with Crippen molar-refractivity contribution in [2.45, 2.75) is 32.7 Å². The van der Waals surface area contributed by atoms with Crippen molar-refractivity contribution in [3.8, 4) is 0 Å². The zero-order chi connectivity index (χ0) is 15.6. The maximum absolute atomic E-state index is 13.8. The van der Waals surface area contributed by atoms with Gasteiger partial charge in [-0.05, 0) is 49.9 Å². The molecule has 116 valence electrons. The summed E-state index contributed by atoms with van der Waals surface area (Å²) in [4.78, 5) is 14.0. The fourth-order valence-corrected chi connectivity index (χ4v) is 2.93. The number of benzene rings is 1. The first-order chi connectivity index (χ1) is 9.93. The molecular weight excluding hydrogens is 269 g/mol. The average molecular weight is 293 g/mol. The summed E-state index contributed by atoms with van der Waals surface area (Å²) in [7, 11) is 1.66. The molecule has 5 heteroatoms. The second-order valence-electron chi connectivity index (χ2n) is 5.85. The van der Waals surface area contributed by atoms with Crippen LogP contribution in [0.1, 0.15) is 36.9 Å². The van der Waals surface area contributed by atoms with Crippen molar-refractivity contribution in [2.75, 3.05) is 25.0 Å². The van der Waals surface area contributed by atoms with Gasteiger partial charge in [0.15, 0.2) is 0 Å². The minimum absolute atomic E-state index is 0.0185. The molecule has 3 N–H and O–H groups in total. The summed E-state index contributed by atoms with van der Waals surface area (Å²) in [6.07, 6.45) is 1.84. The van der Waals surface area contributed by atoms with Gasteiger partial charge in [0.2, 0.25) is 5.91 Å². The van der Waals surface area contributed by atoms with Crippen LogP contribution in [0.15, 0.2) is 12.1 Å². The summed E-state index contributed by atoms with van der Waals surface area (Å²) in [5.74, 6) is -0.179. The normalized spacial score (nSPS) is 20.2. The molecule has 0 radical (unpaired) electrons. The Hall–Kier alpha value is -1.62. The molecule has 1 aromatic rings.